The highest BCUT2D eigenvalue weighted by Gasteiger charge is 2.52. The standard InChI is InChI=1S/C16H20BCl2NO3S/c1-10(21)24-9-12(6-11-7-13(18)8-20-14(11)19)17-22-15(2,3)16(4,5)23-17/h6-8H,9H2,1-5H3. The van der Waals surface area contributed by atoms with Crippen molar-refractivity contribution >= 4 is 53.3 Å². The topological polar surface area (TPSA) is 48.4 Å². The lowest BCUT2D eigenvalue weighted by Gasteiger charge is -2.32. The quantitative estimate of drug-likeness (QED) is 0.554. The van der Waals surface area contributed by atoms with Crippen LogP contribution in [0.5, 0.6) is 0 Å². The van der Waals surface area contributed by atoms with E-state index in [-0.39, 0.29) is 5.12 Å². The van der Waals surface area contributed by atoms with Gasteiger partial charge < -0.3 is 9.31 Å². The average molecular weight is 388 g/mol. The monoisotopic (exact) mass is 387 g/mol. The normalized spacial score (nSPS) is 19.6. The molecule has 8 heteroatoms. The van der Waals surface area contributed by atoms with E-state index in [4.69, 9.17) is 32.5 Å². The van der Waals surface area contributed by atoms with Gasteiger partial charge in [0.1, 0.15) is 5.15 Å². The van der Waals surface area contributed by atoms with Crippen LogP contribution in [0.2, 0.25) is 10.2 Å². The zero-order valence-corrected chi connectivity index (χ0v) is 16.7. The summed E-state index contributed by atoms with van der Waals surface area (Å²) < 4.78 is 12.2. The second kappa shape index (κ2) is 7.38. The largest absolute Gasteiger partial charge is 0.491 e. The molecule has 0 aromatic carbocycles. The van der Waals surface area contributed by atoms with Gasteiger partial charge in [-0.15, -0.1) is 0 Å². The van der Waals surface area contributed by atoms with Gasteiger partial charge in [-0.1, -0.05) is 41.0 Å². The smallest absolute Gasteiger partial charge is 0.400 e. The van der Waals surface area contributed by atoms with Crippen molar-refractivity contribution in [3.63, 3.8) is 0 Å². The highest BCUT2D eigenvalue weighted by Crippen LogP contribution is 2.39. The molecule has 1 aromatic rings. The van der Waals surface area contributed by atoms with Crippen molar-refractivity contribution in [3.8, 4) is 0 Å². The number of carbonyl (C=O) groups is 1. The Kier molecular flexibility index (Phi) is 6.09. The first-order valence-corrected chi connectivity index (χ1v) is 9.26. The highest BCUT2D eigenvalue weighted by molar-refractivity contribution is 8.13. The van der Waals surface area contributed by atoms with Crippen LogP contribution in [0, 0.1) is 0 Å². The molecule has 1 fully saturated rings. The maximum atomic E-state index is 11.4. The molecule has 24 heavy (non-hydrogen) atoms. The Morgan fingerprint density at radius 1 is 1.29 bits per heavy atom. The zero-order valence-electron chi connectivity index (χ0n) is 14.4. The number of hydrogen-bond acceptors (Lipinski definition) is 5. The van der Waals surface area contributed by atoms with Gasteiger partial charge in [-0.2, -0.15) is 0 Å². The van der Waals surface area contributed by atoms with E-state index < -0.39 is 18.3 Å². The third-order valence-electron chi connectivity index (χ3n) is 4.17. The van der Waals surface area contributed by atoms with Gasteiger partial charge >= 0.3 is 7.12 Å². The molecule has 1 saturated heterocycles. The first-order chi connectivity index (χ1) is 11.0. The van der Waals surface area contributed by atoms with E-state index in [0.717, 1.165) is 5.47 Å². The summed E-state index contributed by atoms with van der Waals surface area (Å²) in [5.74, 6) is 0.439. The van der Waals surface area contributed by atoms with Gasteiger partial charge in [-0.05, 0) is 39.2 Å². The lowest BCUT2D eigenvalue weighted by molar-refractivity contribution is -0.109. The number of nitrogens with zero attached hydrogens (tertiary/aromatic N) is 1. The van der Waals surface area contributed by atoms with Crippen molar-refractivity contribution < 1.29 is 14.1 Å². The summed E-state index contributed by atoms with van der Waals surface area (Å²) in [7, 11) is -0.558. The van der Waals surface area contributed by atoms with Crippen LogP contribution in [0.25, 0.3) is 6.08 Å². The molecule has 0 saturated carbocycles. The summed E-state index contributed by atoms with van der Waals surface area (Å²) >= 11 is 13.4. The molecule has 130 valence electrons. The number of pyridine rings is 1. The Labute approximate surface area is 157 Å². The lowest BCUT2D eigenvalue weighted by atomic mass is 9.78. The predicted molar refractivity (Wildman–Crippen MR) is 101 cm³/mol. The minimum Gasteiger partial charge on any atom is -0.400 e. The van der Waals surface area contributed by atoms with Crippen LogP contribution in [0.15, 0.2) is 17.7 Å². The van der Waals surface area contributed by atoms with E-state index in [2.05, 4.69) is 4.98 Å². The molecule has 4 nitrogen and oxygen atoms in total. The van der Waals surface area contributed by atoms with E-state index in [9.17, 15) is 4.79 Å². The third kappa shape index (κ3) is 4.55. The molecule has 0 unspecified atom stereocenters. The van der Waals surface area contributed by atoms with Crippen LogP contribution in [0.4, 0.5) is 0 Å². The summed E-state index contributed by atoms with van der Waals surface area (Å²) in [4.78, 5) is 15.4. The van der Waals surface area contributed by atoms with Gasteiger partial charge in [0, 0.05) is 24.4 Å². The number of aromatic nitrogens is 1. The molecular formula is C16H20BCl2NO3S. The molecule has 1 aromatic heterocycles. The van der Waals surface area contributed by atoms with Crippen LogP contribution in [0.1, 0.15) is 40.2 Å². The van der Waals surface area contributed by atoms with Crippen molar-refractivity contribution in [2.75, 3.05) is 5.75 Å². The molecule has 0 aliphatic carbocycles. The summed E-state index contributed by atoms with van der Waals surface area (Å²) in [6.07, 6.45) is 3.32. The Morgan fingerprint density at radius 2 is 1.88 bits per heavy atom. The van der Waals surface area contributed by atoms with Crippen LogP contribution < -0.4 is 0 Å². The molecule has 0 amide bonds. The number of carbonyl (C=O) groups excluding carboxylic acids is 1. The summed E-state index contributed by atoms with van der Waals surface area (Å²) in [6, 6.07) is 1.72. The molecule has 2 rings (SSSR count). The van der Waals surface area contributed by atoms with Crippen molar-refractivity contribution in [1.82, 2.24) is 4.98 Å². The van der Waals surface area contributed by atoms with Crippen LogP contribution >= 0.6 is 35.0 Å². The third-order valence-corrected chi connectivity index (χ3v) is 5.58. The fraction of sp³-hybridized carbons (Fsp3) is 0.500. The van der Waals surface area contributed by atoms with E-state index >= 15 is 0 Å². The second-order valence-corrected chi connectivity index (χ2v) is 8.57. The molecule has 1 aliphatic rings. The van der Waals surface area contributed by atoms with Crippen molar-refractivity contribution in [2.24, 2.45) is 0 Å². The Balaban J connectivity index is 2.37. The maximum absolute atomic E-state index is 11.4. The number of hydrogen-bond donors (Lipinski definition) is 0. The van der Waals surface area contributed by atoms with E-state index in [0.29, 0.717) is 21.5 Å². The minimum absolute atomic E-state index is 0.0210. The van der Waals surface area contributed by atoms with Crippen molar-refractivity contribution in [2.45, 2.75) is 45.8 Å². The predicted octanol–water partition coefficient (Wildman–Crippen LogP) is 4.68. The highest BCUT2D eigenvalue weighted by atomic mass is 35.5. The van der Waals surface area contributed by atoms with E-state index in [1.807, 2.05) is 33.8 Å². The van der Waals surface area contributed by atoms with Crippen LogP contribution in [-0.4, -0.2) is 34.2 Å². The van der Waals surface area contributed by atoms with Gasteiger partial charge in [0.25, 0.3) is 0 Å². The molecule has 0 atom stereocenters. The Morgan fingerprint density at radius 3 is 2.42 bits per heavy atom. The second-order valence-electron chi connectivity index (χ2n) is 6.62. The fourth-order valence-electron chi connectivity index (χ4n) is 2.10. The average Bonchev–Trinajstić information content (AvgIpc) is 2.66. The Hall–Kier alpha value is -0.525. The lowest BCUT2D eigenvalue weighted by Crippen LogP contribution is -2.41. The summed E-state index contributed by atoms with van der Waals surface area (Å²) in [5.41, 5.74) is 0.542. The summed E-state index contributed by atoms with van der Waals surface area (Å²) in [6.45, 7) is 9.46. The first-order valence-electron chi connectivity index (χ1n) is 7.52. The van der Waals surface area contributed by atoms with Gasteiger partial charge in [0.05, 0.1) is 16.2 Å². The maximum Gasteiger partial charge on any atom is 0.491 e. The van der Waals surface area contributed by atoms with E-state index in [1.54, 1.807) is 6.07 Å². The first kappa shape index (κ1) is 19.8. The summed E-state index contributed by atoms with van der Waals surface area (Å²) in [5, 5.41) is 0.840. The van der Waals surface area contributed by atoms with Gasteiger partial charge in [-0.25, -0.2) is 4.98 Å². The van der Waals surface area contributed by atoms with Gasteiger partial charge in [-0.3, -0.25) is 4.79 Å². The Bertz CT molecular complexity index is 663. The molecule has 0 N–H and O–H groups in total. The van der Waals surface area contributed by atoms with Gasteiger partial charge in [0.15, 0.2) is 5.12 Å². The molecule has 0 spiro atoms. The molecule has 2 heterocycles. The van der Waals surface area contributed by atoms with Crippen molar-refractivity contribution in [1.29, 1.82) is 0 Å². The molecule has 0 radical (unpaired) electrons. The zero-order chi connectivity index (χ0) is 18.1. The molecule has 1 aliphatic heterocycles. The van der Waals surface area contributed by atoms with Crippen molar-refractivity contribution in [3.05, 3.63) is 33.5 Å². The number of thioether (sulfide) groups is 1. The van der Waals surface area contributed by atoms with Gasteiger partial charge in [0.2, 0.25) is 0 Å². The molecule has 0 bridgehead atoms. The number of halogens is 2. The minimum atomic E-state index is -0.558. The molecular weight excluding hydrogens is 368 g/mol. The SMILES string of the molecule is CC(=O)SCC(=Cc1cc(Cl)cnc1Cl)B1OC(C)(C)C(C)(C)O1. The number of rotatable bonds is 4. The fourth-order valence-corrected chi connectivity index (χ4v) is 3.01. The van der Waals surface area contributed by atoms with Crippen LogP contribution in [0.3, 0.4) is 0 Å². The van der Waals surface area contributed by atoms with Crippen LogP contribution in [-0.2, 0) is 14.1 Å². The van der Waals surface area contributed by atoms with E-state index in [1.165, 1.54) is 24.9 Å².